The fourth-order valence-corrected chi connectivity index (χ4v) is 2.75. The molecule has 15 heavy (non-hydrogen) atoms. The Morgan fingerprint density at radius 1 is 1.53 bits per heavy atom. The molecule has 0 saturated heterocycles. The molecule has 0 unspecified atom stereocenters. The molecule has 1 rings (SSSR count). The molecule has 0 aromatic heterocycles. The van der Waals surface area contributed by atoms with Crippen LogP contribution in [-0.4, -0.2) is 11.0 Å². The van der Waals surface area contributed by atoms with E-state index in [0.29, 0.717) is 10.0 Å². The summed E-state index contributed by atoms with van der Waals surface area (Å²) in [4.78, 5) is 23.7. The summed E-state index contributed by atoms with van der Waals surface area (Å²) in [5.74, 6) is 0. The van der Waals surface area contributed by atoms with E-state index in [9.17, 15) is 14.9 Å². The second kappa shape index (κ2) is 4.65. The zero-order chi connectivity index (χ0) is 11.6. The molecule has 0 fully saturated rings. The first-order valence-corrected chi connectivity index (χ1v) is 5.28. The van der Waals surface area contributed by atoms with Gasteiger partial charge in [0.1, 0.15) is 10.2 Å². The molecule has 1 aromatic rings. The first-order valence-electron chi connectivity index (χ1n) is 3.70. The van der Waals surface area contributed by atoms with E-state index in [1.54, 1.807) is 6.92 Å². The van der Waals surface area contributed by atoms with Crippen molar-refractivity contribution in [3.05, 3.63) is 30.7 Å². The lowest BCUT2D eigenvalue weighted by molar-refractivity contribution is -0.386. The molecule has 0 saturated carbocycles. The SMILES string of the molecule is Cc1cc(Br)c(N=C=O)c(Br)c1[N+](=O)[O-]. The number of nitro benzene ring substituents is 1. The number of hydrogen-bond donors (Lipinski definition) is 0. The van der Waals surface area contributed by atoms with Gasteiger partial charge in [0.15, 0.2) is 0 Å². The standard InChI is InChI=1S/C8H4Br2N2O3/c1-4-2-5(9)7(11-3-13)6(10)8(4)12(14)15/h2H,1H3. The molecule has 0 aliphatic carbocycles. The summed E-state index contributed by atoms with van der Waals surface area (Å²) in [6, 6.07) is 1.53. The number of aliphatic imine (C=N–C) groups is 1. The van der Waals surface area contributed by atoms with Crippen molar-refractivity contribution in [2.75, 3.05) is 0 Å². The highest BCUT2D eigenvalue weighted by Crippen LogP contribution is 2.41. The lowest BCUT2D eigenvalue weighted by atomic mass is 10.2. The molecular weight excluding hydrogens is 332 g/mol. The Bertz CT molecular complexity index is 455. The van der Waals surface area contributed by atoms with E-state index in [2.05, 4.69) is 36.9 Å². The maximum atomic E-state index is 10.7. The summed E-state index contributed by atoms with van der Waals surface area (Å²) < 4.78 is 0.670. The van der Waals surface area contributed by atoms with E-state index in [1.165, 1.54) is 12.1 Å². The molecule has 0 amide bonds. The normalized spacial score (nSPS) is 9.53. The van der Waals surface area contributed by atoms with Crippen molar-refractivity contribution in [2.45, 2.75) is 6.92 Å². The van der Waals surface area contributed by atoms with Crippen LogP contribution in [0.1, 0.15) is 5.56 Å². The quantitative estimate of drug-likeness (QED) is 0.360. The predicted octanol–water partition coefficient (Wildman–Crippen LogP) is 3.40. The van der Waals surface area contributed by atoms with Crippen molar-refractivity contribution < 1.29 is 9.72 Å². The summed E-state index contributed by atoms with van der Waals surface area (Å²) >= 11 is 6.20. The number of nitro groups is 1. The third-order valence-corrected chi connectivity index (χ3v) is 3.05. The van der Waals surface area contributed by atoms with Gasteiger partial charge in [-0.15, -0.1) is 0 Å². The fraction of sp³-hybridized carbons (Fsp3) is 0.125. The number of hydrogen-bond acceptors (Lipinski definition) is 4. The average Bonchev–Trinajstić information content (AvgIpc) is 2.11. The minimum Gasteiger partial charge on any atom is -0.258 e. The van der Waals surface area contributed by atoms with Crippen LogP contribution in [0.4, 0.5) is 11.4 Å². The number of nitrogens with zero attached hydrogens (tertiary/aromatic N) is 2. The van der Waals surface area contributed by atoms with E-state index in [4.69, 9.17) is 0 Å². The summed E-state index contributed by atoms with van der Waals surface area (Å²) in [6.07, 6.45) is 1.34. The van der Waals surface area contributed by atoms with Crippen LogP contribution in [0.15, 0.2) is 20.0 Å². The first kappa shape index (κ1) is 12.0. The van der Waals surface area contributed by atoms with Crippen LogP contribution >= 0.6 is 31.9 Å². The molecule has 0 N–H and O–H groups in total. The third kappa shape index (κ3) is 2.31. The smallest absolute Gasteiger partial charge is 0.258 e. The number of halogens is 2. The Hall–Kier alpha value is -1.04. The van der Waals surface area contributed by atoms with Gasteiger partial charge >= 0.3 is 0 Å². The van der Waals surface area contributed by atoms with Crippen molar-refractivity contribution in [3.8, 4) is 0 Å². The highest BCUT2D eigenvalue weighted by atomic mass is 79.9. The Kier molecular flexibility index (Phi) is 3.73. The summed E-state index contributed by atoms with van der Waals surface area (Å²) in [5, 5.41) is 10.7. The van der Waals surface area contributed by atoms with Crippen LogP contribution in [0, 0.1) is 17.0 Å². The van der Waals surface area contributed by atoms with Crippen molar-refractivity contribution in [1.82, 2.24) is 0 Å². The van der Waals surface area contributed by atoms with Gasteiger partial charge in [-0.25, -0.2) is 4.79 Å². The van der Waals surface area contributed by atoms with Gasteiger partial charge in [0, 0.05) is 10.0 Å². The molecule has 0 spiro atoms. The van der Waals surface area contributed by atoms with Crippen molar-refractivity contribution in [2.24, 2.45) is 4.99 Å². The predicted molar refractivity (Wildman–Crippen MR) is 61.0 cm³/mol. The van der Waals surface area contributed by atoms with E-state index in [0.717, 1.165) is 0 Å². The Balaban J connectivity index is 3.63. The molecule has 0 radical (unpaired) electrons. The van der Waals surface area contributed by atoms with Gasteiger partial charge in [-0.05, 0) is 44.8 Å². The lowest BCUT2D eigenvalue weighted by Crippen LogP contribution is -1.93. The van der Waals surface area contributed by atoms with Crippen molar-refractivity contribution in [3.63, 3.8) is 0 Å². The topological polar surface area (TPSA) is 72.6 Å². The van der Waals surface area contributed by atoms with E-state index >= 15 is 0 Å². The molecular formula is C8H4Br2N2O3. The van der Waals surface area contributed by atoms with Crippen LogP contribution in [-0.2, 0) is 4.79 Å². The lowest BCUT2D eigenvalue weighted by Gasteiger charge is -2.04. The monoisotopic (exact) mass is 334 g/mol. The average molecular weight is 336 g/mol. The Morgan fingerprint density at radius 2 is 2.13 bits per heavy atom. The molecule has 78 valence electrons. The molecule has 0 heterocycles. The van der Waals surface area contributed by atoms with Crippen molar-refractivity contribution in [1.29, 1.82) is 0 Å². The van der Waals surface area contributed by atoms with Crippen LogP contribution in [0.3, 0.4) is 0 Å². The van der Waals surface area contributed by atoms with Gasteiger partial charge in [-0.3, -0.25) is 10.1 Å². The minimum atomic E-state index is -0.532. The van der Waals surface area contributed by atoms with E-state index in [1.807, 2.05) is 0 Å². The number of isocyanates is 1. The number of aryl methyl sites for hydroxylation is 1. The molecule has 1 aromatic carbocycles. The summed E-state index contributed by atoms with van der Waals surface area (Å²) in [5.41, 5.74) is 0.540. The zero-order valence-corrected chi connectivity index (χ0v) is 10.6. The molecule has 7 heteroatoms. The van der Waals surface area contributed by atoms with Crippen LogP contribution in [0.25, 0.3) is 0 Å². The van der Waals surface area contributed by atoms with Gasteiger partial charge in [-0.2, -0.15) is 4.99 Å². The van der Waals surface area contributed by atoms with Crippen molar-refractivity contribution >= 4 is 49.3 Å². The molecule has 0 atom stereocenters. The van der Waals surface area contributed by atoms with Gasteiger partial charge in [0.25, 0.3) is 5.69 Å². The maximum absolute atomic E-state index is 10.7. The second-order valence-corrected chi connectivity index (χ2v) is 4.29. The van der Waals surface area contributed by atoms with Gasteiger partial charge in [0.2, 0.25) is 6.08 Å². The van der Waals surface area contributed by atoms with Crippen LogP contribution in [0.5, 0.6) is 0 Å². The summed E-state index contributed by atoms with van der Waals surface area (Å²) in [6.45, 7) is 1.60. The van der Waals surface area contributed by atoms with Gasteiger partial charge < -0.3 is 0 Å². The Morgan fingerprint density at radius 3 is 2.60 bits per heavy atom. The van der Waals surface area contributed by atoms with E-state index < -0.39 is 4.92 Å². The van der Waals surface area contributed by atoms with E-state index in [-0.39, 0.29) is 15.8 Å². The van der Waals surface area contributed by atoms with Gasteiger partial charge in [0.05, 0.1) is 4.92 Å². The molecule has 0 aliphatic heterocycles. The van der Waals surface area contributed by atoms with Gasteiger partial charge in [-0.1, -0.05) is 0 Å². The zero-order valence-electron chi connectivity index (χ0n) is 7.45. The number of benzene rings is 1. The second-order valence-electron chi connectivity index (χ2n) is 2.65. The van der Waals surface area contributed by atoms with Crippen LogP contribution in [0.2, 0.25) is 0 Å². The molecule has 5 nitrogen and oxygen atoms in total. The first-order chi connectivity index (χ1) is 6.99. The molecule has 0 aliphatic rings. The Labute approximate surface area is 102 Å². The molecule has 0 bridgehead atoms. The highest BCUT2D eigenvalue weighted by molar-refractivity contribution is 9.11. The third-order valence-electron chi connectivity index (χ3n) is 1.70. The maximum Gasteiger partial charge on any atom is 0.288 e. The largest absolute Gasteiger partial charge is 0.288 e. The number of carbonyl (C=O) groups excluding carboxylic acids is 1. The summed E-state index contributed by atoms with van der Waals surface area (Å²) in [7, 11) is 0. The fourth-order valence-electron chi connectivity index (χ4n) is 1.09. The number of rotatable bonds is 2. The minimum absolute atomic E-state index is 0.104. The highest BCUT2D eigenvalue weighted by Gasteiger charge is 2.21. The van der Waals surface area contributed by atoms with Crippen LogP contribution < -0.4 is 0 Å².